The minimum atomic E-state index is -0.824. The van der Waals surface area contributed by atoms with Gasteiger partial charge in [0.1, 0.15) is 5.75 Å². The Morgan fingerprint density at radius 1 is 1.10 bits per heavy atom. The molecule has 2 aromatic carbocycles. The highest BCUT2D eigenvalue weighted by atomic mass is 32.2. The fraction of sp³-hybridized carbons (Fsp3) is 0.286. The molecule has 8 heteroatoms. The maximum atomic E-state index is 12.8. The van der Waals surface area contributed by atoms with E-state index in [1.807, 2.05) is 36.4 Å². The van der Waals surface area contributed by atoms with Gasteiger partial charge in [0.15, 0.2) is 12.5 Å². The lowest BCUT2D eigenvalue weighted by atomic mass is 10.1. The molecule has 0 N–H and O–H groups in total. The zero-order valence-corrected chi connectivity index (χ0v) is 16.6. The predicted molar refractivity (Wildman–Crippen MR) is 107 cm³/mol. The van der Waals surface area contributed by atoms with Crippen molar-refractivity contribution >= 4 is 28.8 Å². The average Bonchev–Trinajstić information content (AvgIpc) is 3.06. The van der Waals surface area contributed by atoms with Gasteiger partial charge in [0.2, 0.25) is 5.91 Å². The van der Waals surface area contributed by atoms with Crippen molar-refractivity contribution in [2.45, 2.75) is 19.4 Å². The molecular formula is C21H20N2O5S. The molecule has 0 radical (unpaired) electrons. The highest BCUT2D eigenvalue weighted by Crippen LogP contribution is 2.31. The molecular weight excluding hydrogens is 392 g/mol. The molecule has 1 fully saturated rings. The minimum Gasteiger partial charge on any atom is -0.470 e. The van der Waals surface area contributed by atoms with Crippen molar-refractivity contribution in [2.75, 3.05) is 18.9 Å². The maximum Gasteiger partial charge on any atom is 0.291 e. The van der Waals surface area contributed by atoms with Gasteiger partial charge in [-0.3, -0.25) is 14.4 Å². The maximum absolute atomic E-state index is 12.8. The molecule has 0 aromatic heterocycles. The van der Waals surface area contributed by atoms with Gasteiger partial charge in [-0.2, -0.15) is 0 Å². The first-order valence-electron chi connectivity index (χ1n) is 9.28. The van der Waals surface area contributed by atoms with Crippen LogP contribution in [-0.4, -0.2) is 52.0 Å². The summed E-state index contributed by atoms with van der Waals surface area (Å²) in [6, 6.07) is 16.2. The van der Waals surface area contributed by atoms with Crippen molar-refractivity contribution in [1.29, 1.82) is 0 Å². The van der Waals surface area contributed by atoms with E-state index in [9.17, 15) is 14.4 Å². The van der Waals surface area contributed by atoms with Crippen molar-refractivity contribution in [3.05, 3.63) is 65.7 Å². The fourth-order valence-electron chi connectivity index (χ4n) is 3.39. The number of benzene rings is 2. The summed E-state index contributed by atoms with van der Waals surface area (Å²) in [6.07, 6.45) is -1.27. The number of hydrogen-bond donors (Lipinski definition) is 0. The first kappa shape index (κ1) is 19.5. The molecule has 2 aromatic rings. The van der Waals surface area contributed by atoms with Crippen LogP contribution in [-0.2, 0) is 9.53 Å². The molecule has 0 aliphatic carbocycles. The summed E-state index contributed by atoms with van der Waals surface area (Å²) in [5, 5.41) is -0.330. The number of ether oxygens (including phenoxy) is 2. The summed E-state index contributed by atoms with van der Waals surface area (Å²) in [5.41, 5.74) is 1.21. The predicted octanol–water partition coefficient (Wildman–Crippen LogP) is 3.28. The van der Waals surface area contributed by atoms with Crippen LogP contribution in [0.2, 0.25) is 0 Å². The van der Waals surface area contributed by atoms with Crippen LogP contribution < -0.4 is 4.74 Å². The molecule has 0 bridgehead atoms. The van der Waals surface area contributed by atoms with Crippen LogP contribution in [0.15, 0.2) is 54.6 Å². The number of imide groups is 1. The summed E-state index contributed by atoms with van der Waals surface area (Å²) >= 11 is 0.964. The number of fused-ring (bicyclic) bond motifs is 1. The van der Waals surface area contributed by atoms with Crippen molar-refractivity contribution in [3.8, 4) is 5.75 Å². The van der Waals surface area contributed by atoms with Crippen molar-refractivity contribution in [3.63, 3.8) is 0 Å². The van der Waals surface area contributed by atoms with Gasteiger partial charge in [0.05, 0.1) is 17.9 Å². The van der Waals surface area contributed by atoms with Gasteiger partial charge < -0.3 is 14.4 Å². The zero-order chi connectivity index (χ0) is 20.4. The van der Waals surface area contributed by atoms with E-state index >= 15 is 0 Å². The molecule has 2 aliphatic heterocycles. The first-order chi connectivity index (χ1) is 14.1. The zero-order valence-electron chi connectivity index (χ0n) is 15.8. The van der Waals surface area contributed by atoms with Crippen molar-refractivity contribution < 1.29 is 23.9 Å². The largest absolute Gasteiger partial charge is 0.470 e. The van der Waals surface area contributed by atoms with Crippen LogP contribution >= 0.6 is 11.8 Å². The molecule has 0 spiro atoms. The number of rotatable bonds is 6. The molecule has 3 amide bonds. The van der Waals surface area contributed by atoms with Gasteiger partial charge in [-0.25, -0.2) is 4.90 Å². The van der Waals surface area contributed by atoms with Gasteiger partial charge in [-0.05, 0) is 19.1 Å². The standard InChI is InChI=1S/C21H20N2O5S/c1-14-22(19(25)16-9-5-6-10-17(16)28-14)11-12-27-20(15-7-3-2-4-8-15)23-18(24)13-29-21(23)26/h2-10,14,20H,11-13H2,1H3. The Balaban J connectivity index is 1.48. The Labute approximate surface area is 172 Å². The second-order valence-electron chi connectivity index (χ2n) is 6.66. The molecule has 2 aliphatic rings. The van der Waals surface area contributed by atoms with Crippen LogP contribution in [0.3, 0.4) is 0 Å². The van der Waals surface area contributed by atoms with E-state index in [0.29, 0.717) is 16.9 Å². The normalized spacial score (nSPS) is 19.9. The van der Waals surface area contributed by atoms with Crippen molar-refractivity contribution in [2.24, 2.45) is 0 Å². The summed E-state index contributed by atoms with van der Waals surface area (Å²) in [6.45, 7) is 2.20. The Bertz CT molecular complexity index is 920. The first-order valence-corrected chi connectivity index (χ1v) is 10.3. The summed E-state index contributed by atoms with van der Waals surface area (Å²) in [5.74, 6) is 0.254. The number of carbonyl (C=O) groups excluding carboxylic acids is 3. The van der Waals surface area contributed by atoms with Crippen molar-refractivity contribution in [1.82, 2.24) is 9.80 Å². The molecule has 2 heterocycles. The molecule has 4 rings (SSSR count). The van der Waals surface area contributed by atoms with Gasteiger partial charge in [0.25, 0.3) is 11.1 Å². The lowest BCUT2D eigenvalue weighted by molar-refractivity contribution is -0.136. The van der Waals surface area contributed by atoms with Crippen LogP contribution in [0.5, 0.6) is 5.75 Å². The number of amides is 3. The lowest BCUT2D eigenvalue weighted by Crippen LogP contribution is -2.47. The Morgan fingerprint density at radius 2 is 1.83 bits per heavy atom. The van der Waals surface area contributed by atoms with Gasteiger partial charge in [-0.1, -0.05) is 54.2 Å². The fourth-order valence-corrected chi connectivity index (χ4v) is 4.11. The lowest BCUT2D eigenvalue weighted by Gasteiger charge is -2.35. The molecule has 0 saturated carbocycles. The molecule has 1 saturated heterocycles. The SMILES string of the molecule is CC1Oc2ccccc2C(=O)N1CCOC(c1ccccc1)N1C(=O)CSC1=O. The third kappa shape index (κ3) is 3.86. The minimum absolute atomic E-state index is 0.109. The van der Waals surface area contributed by atoms with E-state index in [1.54, 1.807) is 30.0 Å². The number of thioether (sulfide) groups is 1. The molecule has 2 unspecified atom stereocenters. The third-order valence-corrected chi connectivity index (χ3v) is 5.66. The van der Waals surface area contributed by atoms with Crippen LogP contribution in [0, 0.1) is 0 Å². The van der Waals surface area contributed by atoms with Crippen LogP contribution in [0.4, 0.5) is 4.79 Å². The molecule has 150 valence electrons. The highest BCUT2D eigenvalue weighted by molar-refractivity contribution is 8.14. The average molecular weight is 412 g/mol. The van der Waals surface area contributed by atoms with Gasteiger partial charge in [-0.15, -0.1) is 0 Å². The topological polar surface area (TPSA) is 76.2 Å². The van der Waals surface area contributed by atoms with E-state index in [4.69, 9.17) is 9.47 Å². The van der Waals surface area contributed by atoms with E-state index in [-0.39, 0.29) is 36.0 Å². The quantitative estimate of drug-likeness (QED) is 0.725. The number of nitrogens with zero attached hydrogens (tertiary/aromatic N) is 2. The van der Waals surface area contributed by atoms with Gasteiger partial charge >= 0.3 is 0 Å². The summed E-state index contributed by atoms with van der Waals surface area (Å²) < 4.78 is 11.8. The van der Waals surface area contributed by atoms with E-state index < -0.39 is 12.5 Å². The van der Waals surface area contributed by atoms with E-state index in [2.05, 4.69) is 0 Å². The summed E-state index contributed by atoms with van der Waals surface area (Å²) in [4.78, 5) is 40.0. The van der Waals surface area contributed by atoms with Crippen LogP contribution in [0.1, 0.15) is 29.1 Å². The Kier molecular flexibility index (Phi) is 5.55. The third-order valence-electron chi connectivity index (χ3n) is 4.83. The molecule has 29 heavy (non-hydrogen) atoms. The summed E-state index contributed by atoms with van der Waals surface area (Å²) in [7, 11) is 0. The second-order valence-corrected chi connectivity index (χ2v) is 7.59. The highest BCUT2D eigenvalue weighted by Gasteiger charge is 2.38. The number of para-hydroxylation sites is 1. The Morgan fingerprint density at radius 3 is 2.55 bits per heavy atom. The molecule has 7 nitrogen and oxygen atoms in total. The van der Waals surface area contributed by atoms with E-state index in [1.165, 1.54) is 0 Å². The van der Waals surface area contributed by atoms with E-state index in [0.717, 1.165) is 16.7 Å². The van der Waals surface area contributed by atoms with Crippen LogP contribution in [0.25, 0.3) is 0 Å². The molecule has 2 atom stereocenters. The number of hydrogen-bond acceptors (Lipinski definition) is 6. The number of carbonyl (C=O) groups is 3. The monoisotopic (exact) mass is 412 g/mol. The second kappa shape index (κ2) is 8.26. The van der Waals surface area contributed by atoms with Gasteiger partial charge in [0, 0.05) is 12.1 Å². The smallest absolute Gasteiger partial charge is 0.291 e. The Hall–Kier alpha value is -2.84.